The van der Waals surface area contributed by atoms with E-state index in [1.165, 1.54) is 12.0 Å². The fourth-order valence-corrected chi connectivity index (χ4v) is 3.55. The Morgan fingerprint density at radius 2 is 2.00 bits per heavy atom. The lowest BCUT2D eigenvalue weighted by Gasteiger charge is -2.28. The van der Waals surface area contributed by atoms with Crippen molar-refractivity contribution in [3.05, 3.63) is 29.8 Å². The van der Waals surface area contributed by atoms with E-state index in [9.17, 15) is 5.11 Å². The lowest BCUT2D eigenvalue weighted by molar-refractivity contribution is 0.303. The molecule has 2 aromatic heterocycles. The van der Waals surface area contributed by atoms with Crippen LogP contribution in [0.3, 0.4) is 0 Å². The minimum Gasteiger partial charge on any atom is -0.395 e. The molecule has 28 heavy (non-hydrogen) atoms. The van der Waals surface area contributed by atoms with Crippen LogP contribution in [-0.2, 0) is 0 Å². The van der Waals surface area contributed by atoms with Crippen molar-refractivity contribution >= 4 is 34.6 Å². The molecule has 148 valence electrons. The topological polar surface area (TPSA) is 93.2 Å². The summed E-state index contributed by atoms with van der Waals surface area (Å²) in [5, 5.41) is 12.6. The number of hydrogen-bond acceptors (Lipinski definition) is 7. The van der Waals surface area contributed by atoms with E-state index in [1.54, 1.807) is 0 Å². The number of nitrogens with zero attached hydrogens (tertiary/aromatic N) is 5. The molecule has 1 aliphatic rings. The number of nitrogens with one attached hydrogen (secondary N) is 2. The molecule has 0 aliphatic carbocycles. The summed E-state index contributed by atoms with van der Waals surface area (Å²) in [5.74, 6) is 2.11. The van der Waals surface area contributed by atoms with Crippen molar-refractivity contribution in [3.63, 3.8) is 0 Å². The van der Waals surface area contributed by atoms with Crippen molar-refractivity contribution in [2.45, 2.75) is 26.2 Å². The SMILES string of the molecule is Cc1cccc(Nc2nc3nc(N(C)CCO)nc(N4CCCCC4)c3[nH]2)c1. The Bertz CT molecular complexity index is 949. The predicted octanol–water partition coefficient (Wildman–Crippen LogP) is 2.82. The zero-order chi connectivity index (χ0) is 19.5. The van der Waals surface area contributed by atoms with Gasteiger partial charge in [-0.05, 0) is 43.9 Å². The molecule has 1 aromatic carbocycles. The lowest BCUT2D eigenvalue weighted by atomic mass is 10.1. The summed E-state index contributed by atoms with van der Waals surface area (Å²) in [6.45, 7) is 4.55. The third kappa shape index (κ3) is 3.87. The highest BCUT2D eigenvalue weighted by atomic mass is 16.3. The molecule has 3 aromatic rings. The summed E-state index contributed by atoms with van der Waals surface area (Å²) in [6.07, 6.45) is 3.58. The van der Waals surface area contributed by atoms with Crippen LogP contribution < -0.4 is 15.1 Å². The van der Waals surface area contributed by atoms with Crippen LogP contribution in [-0.4, -0.2) is 58.3 Å². The van der Waals surface area contributed by atoms with E-state index >= 15 is 0 Å². The monoisotopic (exact) mass is 381 g/mol. The molecule has 3 heterocycles. The second kappa shape index (κ2) is 8.02. The summed E-state index contributed by atoms with van der Waals surface area (Å²) in [6, 6.07) is 8.16. The quantitative estimate of drug-likeness (QED) is 0.604. The summed E-state index contributed by atoms with van der Waals surface area (Å²) >= 11 is 0. The van der Waals surface area contributed by atoms with Gasteiger partial charge in [-0.1, -0.05) is 12.1 Å². The largest absolute Gasteiger partial charge is 0.395 e. The molecule has 0 saturated carbocycles. The predicted molar refractivity (Wildman–Crippen MR) is 113 cm³/mol. The van der Waals surface area contributed by atoms with Crippen molar-refractivity contribution in [3.8, 4) is 0 Å². The maximum Gasteiger partial charge on any atom is 0.229 e. The number of hydrogen-bond donors (Lipinski definition) is 3. The molecule has 0 unspecified atom stereocenters. The third-order valence-electron chi connectivity index (χ3n) is 5.03. The van der Waals surface area contributed by atoms with Crippen LogP contribution in [0.2, 0.25) is 0 Å². The standard InChI is InChI=1S/C20H27N7O/c1-14-7-6-8-15(13-14)21-19-22-16-17(23-19)24-20(26(2)11-12-28)25-18(16)27-9-4-3-5-10-27/h6-8,13,28H,3-5,9-12H2,1-2H3,(H2,21,22,23,24,25). The summed E-state index contributed by atoms with van der Waals surface area (Å²) < 4.78 is 0. The summed E-state index contributed by atoms with van der Waals surface area (Å²) in [7, 11) is 1.88. The number of aliphatic hydroxyl groups is 1. The van der Waals surface area contributed by atoms with Crippen LogP contribution in [0.5, 0.6) is 0 Å². The van der Waals surface area contributed by atoms with Gasteiger partial charge in [-0.2, -0.15) is 15.0 Å². The number of fused-ring (bicyclic) bond motifs is 1. The normalized spacial score (nSPS) is 14.5. The van der Waals surface area contributed by atoms with Gasteiger partial charge in [-0.15, -0.1) is 0 Å². The first-order chi connectivity index (χ1) is 13.6. The first-order valence-corrected chi connectivity index (χ1v) is 9.82. The molecule has 0 bridgehead atoms. The molecule has 1 aliphatic heterocycles. The zero-order valence-electron chi connectivity index (χ0n) is 16.4. The fraction of sp³-hybridized carbons (Fsp3) is 0.450. The maximum absolute atomic E-state index is 9.28. The van der Waals surface area contributed by atoms with Crippen molar-refractivity contribution in [2.75, 3.05) is 48.4 Å². The fourth-order valence-electron chi connectivity index (χ4n) is 3.55. The molecule has 8 nitrogen and oxygen atoms in total. The van der Waals surface area contributed by atoms with E-state index in [0.29, 0.717) is 24.1 Å². The molecule has 0 atom stereocenters. The van der Waals surface area contributed by atoms with Crippen LogP contribution in [0.15, 0.2) is 24.3 Å². The van der Waals surface area contributed by atoms with E-state index in [0.717, 1.165) is 43.0 Å². The molecule has 1 fully saturated rings. The van der Waals surface area contributed by atoms with Crippen LogP contribution in [0.1, 0.15) is 24.8 Å². The minimum atomic E-state index is 0.0532. The number of H-pyrrole nitrogens is 1. The third-order valence-corrected chi connectivity index (χ3v) is 5.03. The zero-order valence-corrected chi connectivity index (χ0v) is 16.4. The number of aliphatic hydroxyl groups excluding tert-OH is 1. The van der Waals surface area contributed by atoms with Gasteiger partial charge in [0.15, 0.2) is 11.5 Å². The van der Waals surface area contributed by atoms with Crippen molar-refractivity contribution in [1.82, 2.24) is 19.9 Å². The Morgan fingerprint density at radius 3 is 2.75 bits per heavy atom. The average molecular weight is 381 g/mol. The highest BCUT2D eigenvalue weighted by Gasteiger charge is 2.21. The van der Waals surface area contributed by atoms with Gasteiger partial charge in [0.25, 0.3) is 0 Å². The molecule has 0 amide bonds. The van der Waals surface area contributed by atoms with E-state index in [4.69, 9.17) is 4.98 Å². The lowest BCUT2D eigenvalue weighted by Crippen LogP contribution is -2.31. The van der Waals surface area contributed by atoms with Crippen molar-refractivity contribution < 1.29 is 5.11 Å². The molecule has 1 saturated heterocycles. The smallest absolute Gasteiger partial charge is 0.229 e. The van der Waals surface area contributed by atoms with Crippen LogP contribution >= 0.6 is 0 Å². The average Bonchev–Trinajstić information content (AvgIpc) is 3.10. The van der Waals surface area contributed by atoms with Crippen molar-refractivity contribution in [2.24, 2.45) is 0 Å². The van der Waals surface area contributed by atoms with Gasteiger partial charge in [0.2, 0.25) is 11.9 Å². The number of piperidine rings is 1. The van der Waals surface area contributed by atoms with E-state index in [2.05, 4.69) is 44.2 Å². The van der Waals surface area contributed by atoms with Gasteiger partial charge in [0, 0.05) is 32.4 Å². The first-order valence-electron chi connectivity index (χ1n) is 9.82. The minimum absolute atomic E-state index is 0.0532. The van der Waals surface area contributed by atoms with Gasteiger partial charge in [-0.25, -0.2) is 0 Å². The van der Waals surface area contributed by atoms with Crippen LogP contribution in [0, 0.1) is 6.92 Å². The van der Waals surface area contributed by atoms with Gasteiger partial charge >= 0.3 is 0 Å². The summed E-state index contributed by atoms with van der Waals surface area (Å²) in [4.78, 5) is 21.6. The van der Waals surface area contributed by atoms with Gasteiger partial charge in [-0.3, -0.25) is 0 Å². The second-order valence-electron chi connectivity index (χ2n) is 7.32. The second-order valence-corrected chi connectivity index (χ2v) is 7.32. The Balaban J connectivity index is 1.74. The molecule has 0 radical (unpaired) electrons. The number of anilines is 4. The van der Waals surface area contributed by atoms with Gasteiger partial charge in [0.1, 0.15) is 5.52 Å². The number of likely N-dealkylation sites (N-methyl/N-ethyl adjacent to an activating group) is 1. The van der Waals surface area contributed by atoms with E-state index < -0.39 is 0 Å². The number of imidazole rings is 1. The number of rotatable bonds is 6. The Morgan fingerprint density at radius 1 is 1.18 bits per heavy atom. The van der Waals surface area contributed by atoms with Crippen molar-refractivity contribution in [1.29, 1.82) is 0 Å². The van der Waals surface area contributed by atoms with Gasteiger partial charge in [0.05, 0.1) is 6.61 Å². The number of aromatic nitrogens is 4. The molecule has 3 N–H and O–H groups in total. The van der Waals surface area contributed by atoms with Crippen LogP contribution in [0.4, 0.5) is 23.4 Å². The molecular formula is C20H27N7O. The Hall–Kier alpha value is -2.87. The van der Waals surface area contributed by atoms with E-state index in [1.807, 2.05) is 24.1 Å². The Labute approximate surface area is 164 Å². The molecular weight excluding hydrogens is 354 g/mol. The Kier molecular flexibility index (Phi) is 5.29. The molecule has 4 rings (SSSR count). The number of aromatic amines is 1. The number of benzene rings is 1. The molecule has 0 spiro atoms. The first kappa shape index (κ1) is 18.5. The molecule has 8 heteroatoms. The van der Waals surface area contributed by atoms with Crippen LogP contribution in [0.25, 0.3) is 11.2 Å². The van der Waals surface area contributed by atoms with Gasteiger partial charge < -0.3 is 25.2 Å². The number of aryl methyl sites for hydroxylation is 1. The maximum atomic E-state index is 9.28. The highest BCUT2D eigenvalue weighted by Crippen LogP contribution is 2.29. The highest BCUT2D eigenvalue weighted by molar-refractivity contribution is 5.87. The summed E-state index contributed by atoms with van der Waals surface area (Å²) in [5.41, 5.74) is 3.63. The van der Waals surface area contributed by atoms with E-state index in [-0.39, 0.29) is 6.61 Å².